The van der Waals surface area contributed by atoms with Crippen LogP contribution >= 0.6 is 0 Å². The maximum Gasteiger partial charge on any atom is 0.316 e. The predicted octanol–water partition coefficient (Wildman–Crippen LogP) is 2.62. The monoisotopic (exact) mass is 323 g/mol. The smallest absolute Gasteiger partial charge is 0.316 e. The molecule has 0 bridgehead atoms. The molecular formula is C17H17N5O2. The van der Waals surface area contributed by atoms with Gasteiger partial charge in [0.05, 0.1) is 24.0 Å². The Morgan fingerprint density at radius 2 is 2.21 bits per heavy atom. The summed E-state index contributed by atoms with van der Waals surface area (Å²) >= 11 is 0. The molecule has 0 spiro atoms. The van der Waals surface area contributed by atoms with Crippen molar-refractivity contribution in [3.05, 3.63) is 30.6 Å². The number of carbonyl (C=O) groups is 1. The molecule has 7 nitrogen and oxygen atoms in total. The van der Waals surface area contributed by atoms with E-state index in [-0.39, 0.29) is 11.8 Å². The first-order valence-corrected chi connectivity index (χ1v) is 7.81. The van der Waals surface area contributed by atoms with Gasteiger partial charge in [-0.05, 0) is 24.5 Å². The van der Waals surface area contributed by atoms with Gasteiger partial charge in [0.15, 0.2) is 0 Å². The molecule has 1 amide bonds. The molecule has 7 heteroatoms. The number of H-pyrrole nitrogens is 1. The number of hydrogen-bond acceptors (Lipinski definition) is 5. The van der Waals surface area contributed by atoms with Gasteiger partial charge in [0, 0.05) is 29.8 Å². The number of pyridine rings is 1. The van der Waals surface area contributed by atoms with Gasteiger partial charge in [-0.2, -0.15) is 4.98 Å². The molecule has 3 aromatic heterocycles. The number of rotatable bonds is 4. The molecule has 3 aromatic rings. The van der Waals surface area contributed by atoms with Gasteiger partial charge >= 0.3 is 6.01 Å². The number of nitrogens with one attached hydrogen (secondary N) is 2. The van der Waals surface area contributed by atoms with Crippen molar-refractivity contribution in [2.75, 3.05) is 12.4 Å². The summed E-state index contributed by atoms with van der Waals surface area (Å²) < 4.78 is 5.05. The molecule has 0 aliphatic heterocycles. The van der Waals surface area contributed by atoms with E-state index in [1.807, 2.05) is 12.1 Å². The molecule has 3 heterocycles. The molecule has 1 fully saturated rings. The van der Waals surface area contributed by atoms with Crippen molar-refractivity contribution in [1.29, 1.82) is 0 Å². The molecule has 1 aliphatic rings. The largest absolute Gasteiger partial charge is 0.467 e. The number of nitrogens with zero attached hydrogens (tertiary/aromatic N) is 3. The van der Waals surface area contributed by atoms with Crippen LogP contribution in [0.2, 0.25) is 0 Å². The van der Waals surface area contributed by atoms with Crippen LogP contribution in [0.5, 0.6) is 6.01 Å². The van der Waals surface area contributed by atoms with Crippen LogP contribution in [0.4, 0.5) is 5.82 Å². The third-order valence-corrected chi connectivity index (χ3v) is 4.29. The van der Waals surface area contributed by atoms with Crippen LogP contribution in [0.3, 0.4) is 0 Å². The summed E-state index contributed by atoms with van der Waals surface area (Å²) in [6, 6.07) is 5.91. The third-order valence-electron chi connectivity index (χ3n) is 4.29. The molecule has 0 aromatic carbocycles. The van der Waals surface area contributed by atoms with Crippen LogP contribution in [0.1, 0.15) is 13.3 Å². The molecule has 2 atom stereocenters. The van der Waals surface area contributed by atoms with Gasteiger partial charge in [-0.25, -0.2) is 9.97 Å². The lowest BCUT2D eigenvalue weighted by molar-refractivity contribution is -0.117. The zero-order chi connectivity index (χ0) is 16.7. The predicted molar refractivity (Wildman–Crippen MR) is 89.6 cm³/mol. The normalized spacial score (nSPS) is 19.2. The van der Waals surface area contributed by atoms with E-state index in [1.54, 1.807) is 18.5 Å². The van der Waals surface area contributed by atoms with Crippen molar-refractivity contribution in [3.8, 4) is 17.4 Å². The lowest BCUT2D eigenvalue weighted by Crippen LogP contribution is -2.15. The van der Waals surface area contributed by atoms with Crippen LogP contribution < -0.4 is 10.1 Å². The number of carbonyl (C=O) groups excluding carboxylic acids is 1. The average Bonchev–Trinajstić information content (AvgIpc) is 3.18. The highest BCUT2D eigenvalue weighted by molar-refractivity contribution is 5.95. The fourth-order valence-corrected chi connectivity index (χ4v) is 2.73. The fourth-order valence-electron chi connectivity index (χ4n) is 2.73. The van der Waals surface area contributed by atoms with Gasteiger partial charge in [0.1, 0.15) is 5.82 Å². The zero-order valence-electron chi connectivity index (χ0n) is 13.4. The van der Waals surface area contributed by atoms with Gasteiger partial charge in [-0.3, -0.25) is 4.79 Å². The maximum atomic E-state index is 12.0. The number of fused-ring (bicyclic) bond motifs is 1. The van der Waals surface area contributed by atoms with Gasteiger partial charge in [0.25, 0.3) is 0 Å². The minimum absolute atomic E-state index is 0.0432. The number of ether oxygens (including phenoxy) is 1. The summed E-state index contributed by atoms with van der Waals surface area (Å²) in [5, 5.41) is 3.82. The Kier molecular flexibility index (Phi) is 3.41. The Balaban J connectivity index is 1.62. The van der Waals surface area contributed by atoms with E-state index in [4.69, 9.17) is 4.74 Å². The number of amides is 1. The SMILES string of the molecule is COc1nccc(-c2cc3cnc(NC(=O)C4CC4C)cc3[nH]2)n1. The van der Waals surface area contributed by atoms with E-state index < -0.39 is 0 Å². The summed E-state index contributed by atoms with van der Waals surface area (Å²) in [5.74, 6) is 1.19. The highest BCUT2D eigenvalue weighted by atomic mass is 16.5. The Hall–Kier alpha value is -2.96. The van der Waals surface area contributed by atoms with Crippen LogP contribution in [0, 0.1) is 11.8 Å². The van der Waals surface area contributed by atoms with Crippen molar-refractivity contribution in [3.63, 3.8) is 0 Å². The number of hydrogen-bond donors (Lipinski definition) is 2. The van der Waals surface area contributed by atoms with Gasteiger partial charge in [-0.1, -0.05) is 6.92 Å². The topological polar surface area (TPSA) is 92.8 Å². The number of methoxy groups -OCH3 is 1. The third kappa shape index (κ3) is 2.68. The lowest BCUT2D eigenvalue weighted by Gasteiger charge is -2.03. The Morgan fingerprint density at radius 3 is 2.96 bits per heavy atom. The zero-order valence-corrected chi connectivity index (χ0v) is 13.4. The van der Waals surface area contributed by atoms with Crippen molar-refractivity contribution < 1.29 is 9.53 Å². The quantitative estimate of drug-likeness (QED) is 0.770. The first-order chi connectivity index (χ1) is 11.6. The van der Waals surface area contributed by atoms with E-state index in [0.717, 1.165) is 28.7 Å². The van der Waals surface area contributed by atoms with Gasteiger partial charge < -0.3 is 15.0 Å². The standard InChI is InChI=1S/C17H17N5O2/c1-9-5-11(9)16(23)22-15-7-13-10(8-19-15)6-14(20-13)12-3-4-18-17(21-12)24-2/h3-4,6-9,11,20H,5H2,1-2H3,(H,19,22,23). The summed E-state index contributed by atoms with van der Waals surface area (Å²) in [6.07, 6.45) is 4.34. The van der Waals surface area contributed by atoms with E-state index in [2.05, 4.69) is 32.2 Å². The highest BCUT2D eigenvalue weighted by Crippen LogP contribution is 2.38. The number of anilines is 1. The van der Waals surface area contributed by atoms with Crippen LogP contribution in [0.15, 0.2) is 30.6 Å². The van der Waals surface area contributed by atoms with Crippen LogP contribution in [-0.4, -0.2) is 33.0 Å². The van der Waals surface area contributed by atoms with E-state index >= 15 is 0 Å². The molecular weight excluding hydrogens is 306 g/mol. The Bertz CT molecular complexity index is 920. The molecule has 1 saturated carbocycles. The summed E-state index contributed by atoms with van der Waals surface area (Å²) in [5.41, 5.74) is 2.46. The highest BCUT2D eigenvalue weighted by Gasteiger charge is 2.39. The summed E-state index contributed by atoms with van der Waals surface area (Å²) in [7, 11) is 1.53. The van der Waals surface area contributed by atoms with E-state index in [9.17, 15) is 4.79 Å². The fraction of sp³-hybridized carbons (Fsp3) is 0.294. The molecule has 1 aliphatic carbocycles. The molecule has 0 radical (unpaired) electrons. The minimum atomic E-state index is 0.0432. The van der Waals surface area contributed by atoms with Crippen LogP contribution in [-0.2, 0) is 4.79 Å². The second kappa shape index (κ2) is 5.59. The van der Waals surface area contributed by atoms with Crippen LogP contribution in [0.25, 0.3) is 22.3 Å². The molecule has 122 valence electrons. The van der Waals surface area contributed by atoms with Crippen molar-refractivity contribution in [2.24, 2.45) is 11.8 Å². The molecule has 0 saturated heterocycles. The van der Waals surface area contributed by atoms with E-state index in [0.29, 0.717) is 17.7 Å². The van der Waals surface area contributed by atoms with Gasteiger partial charge in [0.2, 0.25) is 5.91 Å². The summed E-state index contributed by atoms with van der Waals surface area (Å²) in [6.45, 7) is 2.08. The van der Waals surface area contributed by atoms with Gasteiger partial charge in [-0.15, -0.1) is 0 Å². The van der Waals surface area contributed by atoms with Crippen molar-refractivity contribution in [2.45, 2.75) is 13.3 Å². The average molecular weight is 323 g/mol. The number of aromatic amines is 1. The minimum Gasteiger partial charge on any atom is -0.467 e. The lowest BCUT2D eigenvalue weighted by atomic mass is 10.2. The van der Waals surface area contributed by atoms with E-state index in [1.165, 1.54) is 7.11 Å². The molecule has 24 heavy (non-hydrogen) atoms. The second-order valence-electron chi connectivity index (χ2n) is 6.08. The summed E-state index contributed by atoms with van der Waals surface area (Å²) in [4.78, 5) is 28.0. The molecule has 4 rings (SSSR count). The van der Waals surface area contributed by atoms with Crippen molar-refractivity contribution in [1.82, 2.24) is 19.9 Å². The molecule has 2 N–H and O–H groups in total. The first-order valence-electron chi connectivity index (χ1n) is 7.81. The number of aromatic nitrogens is 4. The first kappa shape index (κ1) is 14.6. The van der Waals surface area contributed by atoms with Crippen molar-refractivity contribution >= 4 is 22.6 Å². The molecule has 2 unspecified atom stereocenters. The second-order valence-corrected chi connectivity index (χ2v) is 6.08. The Morgan fingerprint density at radius 1 is 1.38 bits per heavy atom. The maximum absolute atomic E-state index is 12.0. The Labute approximate surface area is 138 Å².